The Bertz CT molecular complexity index is 390. The first-order valence-electron chi connectivity index (χ1n) is 4.28. The number of aliphatic hydroxyl groups excluding tert-OH is 1. The van der Waals surface area contributed by atoms with Crippen molar-refractivity contribution in [2.75, 3.05) is 16.8 Å². The predicted octanol–water partition coefficient (Wildman–Crippen LogP) is 0.299. The molecule has 0 saturated carbocycles. The number of nitrogens with two attached hydrogens (primary N) is 2. The first-order chi connectivity index (χ1) is 6.91. The molecular weight excluding hydrogens is 198 g/mol. The molecule has 0 aliphatic heterocycles. The molecule has 0 saturated heterocycles. The Kier molecular flexibility index (Phi) is 3.01. The van der Waals surface area contributed by atoms with Crippen LogP contribution < -0.4 is 16.8 Å². The summed E-state index contributed by atoms with van der Waals surface area (Å²) in [4.78, 5) is 10.9. The van der Waals surface area contributed by atoms with Crippen molar-refractivity contribution in [1.29, 1.82) is 0 Å². The molecule has 7 N–H and O–H groups in total. The number of rotatable bonds is 3. The van der Waals surface area contributed by atoms with E-state index in [4.69, 9.17) is 21.7 Å². The first-order valence-corrected chi connectivity index (χ1v) is 4.28. The van der Waals surface area contributed by atoms with Crippen molar-refractivity contribution in [3.8, 4) is 0 Å². The Morgan fingerprint density at radius 3 is 2.53 bits per heavy atom. The molecule has 6 heteroatoms. The average molecular weight is 211 g/mol. The van der Waals surface area contributed by atoms with Gasteiger partial charge in [0.25, 0.3) is 0 Å². The minimum atomic E-state index is -1.16. The summed E-state index contributed by atoms with van der Waals surface area (Å²) in [6.45, 7) is 1.46. The van der Waals surface area contributed by atoms with Crippen molar-refractivity contribution < 1.29 is 15.0 Å². The van der Waals surface area contributed by atoms with Gasteiger partial charge in [-0.05, 0) is 19.1 Å². The van der Waals surface area contributed by atoms with Crippen LogP contribution in [-0.2, 0) is 0 Å². The van der Waals surface area contributed by atoms with Gasteiger partial charge in [-0.2, -0.15) is 0 Å². The second-order valence-electron chi connectivity index (χ2n) is 3.16. The zero-order chi connectivity index (χ0) is 11.6. The molecule has 1 atom stereocenters. The number of carboxylic acid groups (broad SMARTS) is 1. The number of aromatic carboxylic acids is 1. The Morgan fingerprint density at radius 1 is 1.47 bits per heavy atom. The molecule has 15 heavy (non-hydrogen) atoms. The third kappa shape index (κ3) is 2.50. The van der Waals surface area contributed by atoms with Crippen molar-refractivity contribution in [2.24, 2.45) is 0 Å². The van der Waals surface area contributed by atoms with E-state index >= 15 is 0 Å². The molecule has 0 amide bonds. The third-order valence-corrected chi connectivity index (χ3v) is 1.77. The Labute approximate surface area is 86.5 Å². The minimum absolute atomic E-state index is 0.0617. The number of nitrogen functional groups attached to an aromatic ring is 2. The van der Waals surface area contributed by atoms with E-state index in [0.717, 1.165) is 0 Å². The minimum Gasteiger partial charge on any atom is -0.478 e. The van der Waals surface area contributed by atoms with E-state index in [9.17, 15) is 4.79 Å². The van der Waals surface area contributed by atoms with Crippen LogP contribution in [0, 0.1) is 0 Å². The van der Waals surface area contributed by atoms with Gasteiger partial charge in [0.2, 0.25) is 0 Å². The highest BCUT2D eigenvalue weighted by atomic mass is 16.4. The summed E-state index contributed by atoms with van der Waals surface area (Å²) in [6, 6.07) is 2.71. The van der Waals surface area contributed by atoms with E-state index in [1.165, 1.54) is 19.1 Å². The molecule has 1 aromatic rings. The van der Waals surface area contributed by atoms with Gasteiger partial charge < -0.3 is 27.0 Å². The topological polar surface area (TPSA) is 122 Å². The van der Waals surface area contributed by atoms with Gasteiger partial charge in [-0.25, -0.2) is 4.79 Å². The monoisotopic (exact) mass is 211 g/mol. The SMILES string of the molecule is CC(O)Nc1c(N)cc(N)cc1C(=O)O. The number of anilines is 3. The molecular formula is C9H13N3O3. The van der Waals surface area contributed by atoms with E-state index in [0.29, 0.717) is 0 Å². The second-order valence-corrected chi connectivity index (χ2v) is 3.16. The van der Waals surface area contributed by atoms with E-state index in [-0.39, 0.29) is 22.6 Å². The van der Waals surface area contributed by atoms with Crippen molar-refractivity contribution in [1.82, 2.24) is 0 Å². The lowest BCUT2D eigenvalue weighted by Crippen LogP contribution is -2.18. The standard InChI is InChI=1S/C9H13N3O3/c1-4(13)12-8-6(9(14)15)2-5(10)3-7(8)11/h2-4,12-13H,10-11H2,1H3,(H,14,15). The molecule has 82 valence electrons. The molecule has 0 bridgehead atoms. The van der Waals surface area contributed by atoms with E-state index in [1.807, 2.05) is 0 Å². The number of hydrogen-bond donors (Lipinski definition) is 5. The molecule has 0 radical (unpaired) electrons. The van der Waals surface area contributed by atoms with Crippen LogP contribution in [0.5, 0.6) is 0 Å². The predicted molar refractivity (Wildman–Crippen MR) is 57.5 cm³/mol. The van der Waals surface area contributed by atoms with Gasteiger partial charge in [-0.1, -0.05) is 0 Å². The Morgan fingerprint density at radius 2 is 2.07 bits per heavy atom. The normalized spacial score (nSPS) is 12.1. The number of aliphatic hydroxyl groups is 1. The average Bonchev–Trinajstić information content (AvgIpc) is 2.08. The van der Waals surface area contributed by atoms with Gasteiger partial charge in [-0.3, -0.25) is 0 Å². The molecule has 0 heterocycles. The fraction of sp³-hybridized carbons (Fsp3) is 0.222. The zero-order valence-corrected chi connectivity index (χ0v) is 8.19. The number of hydrogen-bond acceptors (Lipinski definition) is 5. The van der Waals surface area contributed by atoms with Crippen LogP contribution in [0.1, 0.15) is 17.3 Å². The van der Waals surface area contributed by atoms with Crippen LogP contribution in [0.15, 0.2) is 12.1 Å². The lowest BCUT2D eigenvalue weighted by molar-refractivity contribution is 0.0698. The van der Waals surface area contributed by atoms with Gasteiger partial charge >= 0.3 is 5.97 Å². The van der Waals surface area contributed by atoms with Crippen LogP contribution in [0.3, 0.4) is 0 Å². The largest absolute Gasteiger partial charge is 0.478 e. The maximum atomic E-state index is 10.9. The van der Waals surface area contributed by atoms with E-state index in [2.05, 4.69) is 5.32 Å². The summed E-state index contributed by atoms with van der Waals surface area (Å²) in [6.07, 6.45) is -0.894. The molecule has 1 rings (SSSR count). The maximum Gasteiger partial charge on any atom is 0.337 e. The Balaban J connectivity index is 3.27. The van der Waals surface area contributed by atoms with Crippen LogP contribution in [0.25, 0.3) is 0 Å². The van der Waals surface area contributed by atoms with Crippen molar-refractivity contribution >= 4 is 23.0 Å². The van der Waals surface area contributed by atoms with Crippen LogP contribution in [0.4, 0.5) is 17.1 Å². The highest BCUT2D eigenvalue weighted by Gasteiger charge is 2.15. The maximum absolute atomic E-state index is 10.9. The smallest absolute Gasteiger partial charge is 0.337 e. The Hall–Kier alpha value is -1.95. The fourth-order valence-corrected chi connectivity index (χ4v) is 1.23. The zero-order valence-electron chi connectivity index (χ0n) is 8.19. The summed E-state index contributed by atoms with van der Waals surface area (Å²) in [5.41, 5.74) is 11.6. The van der Waals surface area contributed by atoms with Crippen LogP contribution >= 0.6 is 0 Å². The quantitative estimate of drug-likeness (QED) is 0.362. The highest BCUT2D eigenvalue weighted by Crippen LogP contribution is 2.27. The molecule has 1 unspecified atom stereocenters. The van der Waals surface area contributed by atoms with E-state index in [1.54, 1.807) is 0 Å². The van der Waals surface area contributed by atoms with Crippen molar-refractivity contribution in [3.63, 3.8) is 0 Å². The number of nitrogens with one attached hydrogen (secondary N) is 1. The van der Waals surface area contributed by atoms with Gasteiger partial charge in [0.1, 0.15) is 6.23 Å². The molecule has 0 aliphatic rings. The summed E-state index contributed by atoms with van der Waals surface area (Å²) in [5, 5.41) is 20.6. The van der Waals surface area contributed by atoms with Crippen LogP contribution in [0.2, 0.25) is 0 Å². The fourth-order valence-electron chi connectivity index (χ4n) is 1.23. The summed E-state index contributed by atoms with van der Waals surface area (Å²) < 4.78 is 0. The number of carbonyl (C=O) groups is 1. The molecule has 1 aromatic carbocycles. The first kappa shape index (κ1) is 11.1. The third-order valence-electron chi connectivity index (χ3n) is 1.77. The number of benzene rings is 1. The number of carboxylic acids is 1. The molecule has 6 nitrogen and oxygen atoms in total. The highest BCUT2D eigenvalue weighted by molar-refractivity contribution is 5.99. The van der Waals surface area contributed by atoms with Crippen molar-refractivity contribution in [3.05, 3.63) is 17.7 Å². The molecule has 0 aromatic heterocycles. The van der Waals surface area contributed by atoms with Gasteiger partial charge in [-0.15, -0.1) is 0 Å². The summed E-state index contributed by atoms with van der Waals surface area (Å²) >= 11 is 0. The van der Waals surface area contributed by atoms with Gasteiger partial charge in [0.15, 0.2) is 0 Å². The summed E-state index contributed by atoms with van der Waals surface area (Å²) in [5.74, 6) is -1.16. The van der Waals surface area contributed by atoms with Gasteiger partial charge in [0, 0.05) is 5.69 Å². The van der Waals surface area contributed by atoms with Crippen LogP contribution in [-0.4, -0.2) is 22.4 Å². The van der Waals surface area contributed by atoms with Crippen molar-refractivity contribution in [2.45, 2.75) is 13.2 Å². The lowest BCUT2D eigenvalue weighted by atomic mass is 10.1. The van der Waals surface area contributed by atoms with E-state index < -0.39 is 12.2 Å². The lowest BCUT2D eigenvalue weighted by Gasteiger charge is -2.15. The van der Waals surface area contributed by atoms with Gasteiger partial charge in [0.05, 0.1) is 16.9 Å². The molecule has 0 spiro atoms. The molecule has 0 fully saturated rings. The molecule has 0 aliphatic carbocycles. The second kappa shape index (κ2) is 4.05. The summed E-state index contributed by atoms with van der Waals surface area (Å²) in [7, 11) is 0.